The van der Waals surface area contributed by atoms with E-state index < -0.39 is 17.2 Å². The molecule has 3 N–H and O–H groups in total. The highest BCUT2D eigenvalue weighted by Gasteiger charge is 2.24. The molecule has 0 atom stereocenters. The van der Waals surface area contributed by atoms with Crippen LogP contribution >= 0.6 is 0 Å². The number of amides is 1. The molecule has 0 saturated carbocycles. The predicted molar refractivity (Wildman–Crippen MR) is 118 cm³/mol. The van der Waals surface area contributed by atoms with E-state index in [1.165, 1.54) is 0 Å². The van der Waals surface area contributed by atoms with Gasteiger partial charge >= 0.3 is 6.09 Å². The molecule has 0 aromatic carbocycles. The van der Waals surface area contributed by atoms with E-state index in [4.69, 9.17) is 4.74 Å². The average molecular weight is 416 g/mol. The van der Waals surface area contributed by atoms with Crippen LogP contribution in [0, 0.1) is 0 Å². The molecule has 164 valence electrons. The highest BCUT2D eigenvalue weighted by atomic mass is 16.6. The maximum absolute atomic E-state index is 12.0. The number of aromatic nitrogens is 3. The summed E-state index contributed by atoms with van der Waals surface area (Å²) in [5, 5.41) is 9.36. The molecule has 0 aliphatic rings. The Morgan fingerprint density at radius 3 is 2.53 bits per heavy atom. The lowest BCUT2D eigenvalue weighted by Gasteiger charge is -2.29. The summed E-state index contributed by atoms with van der Waals surface area (Å²) in [5.74, 6) is 1.47. The summed E-state index contributed by atoms with van der Waals surface area (Å²) in [5.41, 5.74) is -0.0694. The number of nitrogens with zero attached hydrogens (tertiary/aromatic N) is 4. The van der Waals surface area contributed by atoms with Crippen molar-refractivity contribution >= 4 is 12.1 Å². The van der Waals surface area contributed by atoms with Gasteiger partial charge < -0.3 is 20.7 Å². The molecule has 0 fully saturated rings. The van der Waals surface area contributed by atoms with Gasteiger partial charge in [0, 0.05) is 31.7 Å². The molecule has 0 bridgehead atoms. The SMILES string of the molecule is CCNC(=NCc1ccc(-n2ccnc2)nc1)NCC(C)(C)NC(=O)OC(C)(C)C. The van der Waals surface area contributed by atoms with Crippen LogP contribution in [0.1, 0.15) is 47.1 Å². The van der Waals surface area contributed by atoms with Crippen molar-refractivity contribution in [2.75, 3.05) is 13.1 Å². The Hall–Kier alpha value is -3.10. The van der Waals surface area contributed by atoms with Crippen molar-refractivity contribution < 1.29 is 9.53 Å². The zero-order valence-electron chi connectivity index (χ0n) is 18.7. The highest BCUT2D eigenvalue weighted by molar-refractivity contribution is 5.80. The Labute approximate surface area is 178 Å². The summed E-state index contributed by atoms with van der Waals surface area (Å²) in [6.07, 6.45) is 6.63. The van der Waals surface area contributed by atoms with E-state index in [1.807, 2.05) is 64.4 Å². The van der Waals surface area contributed by atoms with Gasteiger partial charge in [-0.3, -0.25) is 4.57 Å². The molecule has 0 spiro atoms. The first-order chi connectivity index (χ1) is 14.1. The highest BCUT2D eigenvalue weighted by Crippen LogP contribution is 2.09. The molecule has 1 amide bonds. The maximum Gasteiger partial charge on any atom is 0.408 e. The van der Waals surface area contributed by atoms with Gasteiger partial charge in [0.25, 0.3) is 0 Å². The molecule has 2 aromatic rings. The Bertz CT molecular complexity index is 822. The van der Waals surface area contributed by atoms with Crippen LogP contribution in [0.25, 0.3) is 5.82 Å². The van der Waals surface area contributed by atoms with Gasteiger partial charge in [0.15, 0.2) is 5.96 Å². The quantitative estimate of drug-likeness (QED) is 0.474. The van der Waals surface area contributed by atoms with E-state index in [0.29, 0.717) is 19.0 Å². The topological polar surface area (TPSA) is 105 Å². The Morgan fingerprint density at radius 1 is 1.20 bits per heavy atom. The number of carbonyl (C=O) groups is 1. The Balaban J connectivity index is 1.92. The number of hydrogen-bond acceptors (Lipinski definition) is 5. The number of guanidine groups is 1. The average Bonchev–Trinajstić information content (AvgIpc) is 3.17. The number of rotatable bonds is 7. The molecule has 30 heavy (non-hydrogen) atoms. The van der Waals surface area contributed by atoms with Crippen molar-refractivity contribution in [3.8, 4) is 5.82 Å². The van der Waals surface area contributed by atoms with Crippen molar-refractivity contribution in [1.82, 2.24) is 30.5 Å². The second-order valence-electron chi connectivity index (χ2n) is 8.55. The second-order valence-corrected chi connectivity index (χ2v) is 8.55. The van der Waals surface area contributed by atoms with Crippen LogP contribution in [0.4, 0.5) is 4.79 Å². The number of ether oxygens (including phenoxy) is 1. The third kappa shape index (κ3) is 8.10. The zero-order chi connectivity index (χ0) is 22.2. The fourth-order valence-corrected chi connectivity index (χ4v) is 2.50. The molecule has 0 aliphatic carbocycles. The Morgan fingerprint density at radius 2 is 1.97 bits per heavy atom. The lowest BCUT2D eigenvalue weighted by Crippen LogP contribution is -2.54. The van der Waals surface area contributed by atoms with Crippen LogP contribution in [0.3, 0.4) is 0 Å². The number of aliphatic imine (C=N–C) groups is 1. The summed E-state index contributed by atoms with van der Waals surface area (Å²) in [6, 6.07) is 3.92. The molecule has 9 nitrogen and oxygen atoms in total. The first kappa shape index (κ1) is 23.2. The fraction of sp³-hybridized carbons (Fsp3) is 0.524. The van der Waals surface area contributed by atoms with Gasteiger partial charge in [-0.05, 0) is 53.2 Å². The lowest BCUT2D eigenvalue weighted by molar-refractivity contribution is 0.0474. The van der Waals surface area contributed by atoms with Gasteiger partial charge in [0.1, 0.15) is 17.7 Å². The van der Waals surface area contributed by atoms with Crippen LogP contribution in [-0.4, -0.2) is 50.8 Å². The molecular formula is C21H33N7O2. The van der Waals surface area contributed by atoms with E-state index >= 15 is 0 Å². The number of carbonyl (C=O) groups excluding carboxylic acids is 1. The van der Waals surface area contributed by atoms with Gasteiger partial charge in [0.2, 0.25) is 0 Å². The van der Waals surface area contributed by atoms with Gasteiger partial charge in [-0.2, -0.15) is 0 Å². The van der Waals surface area contributed by atoms with Gasteiger partial charge in [-0.15, -0.1) is 0 Å². The molecule has 2 rings (SSSR count). The largest absolute Gasteiger partial charge is 0.444 e. The van der Waals surface area contributed by atoms with E-state index in [0.717, 1.165) is 17.9 Å². The number of alkyl carbamates (subject to hydrolysis) is 1. The van der Waals surface area contributed by atoms with Crippen LogP contribution < -0.4 is 16.0 Å². The van der Waals surface area contributed by atoms with Crippen LogP contribution in [0.15, 0.2) is 42.0 Å². The minimum Gasteiger partial charge on any atom is -0.444 e. The number of pyridine rings is 1. The Kier molecular flexibility index (Phi) is 7.79. The number of hydrogen-bond donors (Lipinski definition) is 3. The van der Waals surface area contributed by atoms with Crippen molar-refractivity contribution in [1.29, 1.82) is 0 Å². The van der Waals surface area contributed by atoms with Crippen LogP contribution in [0.2, 0.25) is 0 Å². The standard InChI is InChI=1S/C21H33N7O2/c1-7-23-18(26-14-21(5,6)27-19(29)30-20(2,3)4)25-13-16-8-9-17(24-12-16)28-11-10-22-15-28/h8-12,15H,7,13-14H2,1-6H3,(H,27,29)(H2,23,25,26). The molecular weight excluding hydrogens is 382 g/mol. The smallest absolute Gasteiger partial charge is 0.408 e. The van der Waals surface area contributed by atoms with Crippen molar-refractivity contribution in [3.63, 3.8) is 0 Å². The third-order valence-electron chi connectivity index (χ3n) is 3.88. The van der Waals surface area contributed by atoms with E-state index in [1.54, 1.807) is 18.7 Å². The summed E-state index contributed by atoms with van der Waals surface area (Å²) in [4.78, 5) is 25.1. The second kappa shape index (κ2) is 10.1. The molecule has 0 saturated heterocycles. The first-order valence-electron chi connectivity index (χ1n) is 10.0. The third-order valence-corrected chi connectivity index (χ3v) is 3.88. The summed E-state index contributed by atoms with van der Waals surface area (Å²) in [6.45, 7) is 13.0. The molecule has 2 heterocycles. The van der Waals surface area contributed by atoms with Gasteiger partial charge in [0.05, 0.1) is 12.1 Å². The van der Waals surface area contributed by atoms with Crippen LogP contribution in [-0.2, 0) is 11.3 Å². The number of imidazole rings is 1. The molecule has 0 radical (unpaired) electrons. The number of nitrogens with one attached hydrogen (secondary N) is 3. The minimum absolute atomic E-state index is 0.444. The van der Waals surface area contributed by atoms with E-state index in [2.05, 4.69) is 30.9 Å². The molecule has 0 aliphatic heterocycles. The lowest BCUT2D eigenvalue weighted by atomic mass is 10.1. The van der Waals surface area contributed by atoms with Crippen molar-refractivity contribution in [3.05, 3.63) is 42.6 Å². The maximum atomic E-state index is 12.0. The van der Waals surface area contributed by atoms with E-state index in [-0.39, 0.29) is 0 Å². The molecule has 2 aromatic heterocycles. The van der Waals surface area contributed by atoms with Crippen molar-refractivity contribution in [2.24, 2.45) is 4.99 Å². The summed E-state index contributed by atoms with van der Waals surface area (Å²) in [7, 11) is 0. The fourth-order valence-electron chi connectivity index (χ4n) is 2.50. The zero-order valence-corrected chi connectivity index (χ0v) is 18.7. The molecule has 0 unspecified atom stereocenters. The normalized spacial score (nSPS) is 12.4. The van der Waals surface area contributed by atoms with Gasteiger partial charge in [-0.25, -0.2) is 19.8 Å². The van der Waals surface area contributed by atoms with Crippen molar-refractivity contribution in [2.45, 2.75) is 59.2 Å². The summed E-state index contributed by atoms with van der Waals surface area (Å²) < 4.78 is 7.18. The molecule has 9 heteroatoms. The summed E-state index contributed by atoms with van der Waals surface area (Å²) >= 11 is 0. The first-order valence-corrected chi connectivity index (χ1v) is 10.0. The predicted octanol–water partition coefficient (Wildman–Crippen LogP) is 2.63. The van der Waals surface area contributed by atoms with E-state index in [9.17, 15) is 4.79 Å². The minimum atomic E-state index is -0.536. The monoisotopic (exact) mass is 415 g/mol. The van der Waals surface area contributed by atoms with Gasteiger partial charge in [-0.1, -0.05) is 6.07 Å². The van der Waals surface area contributed by atoms with Crippen LogP contribution in [0.5, 0.6) is 0 Å².